The lowest BCUT2D eigenvalue weighted by Gasteiger charge is -2.45. The average Bonchev–Trinajstić information content (AvgIpc) is 3.16. The van der Waals surface area contributed by atoms with Gasteiger partial charge in [0.25, 0.3) is 11.8 Å². The molecule has 1 aliphatic heterocycles. The standard InChI is InChI=1S/C48H37NO2/c1-47(2,3)31-25-27-34(28-26-31)49-45(50)39-22-14-21-35-36(29-30-40(44(35)39)46(49)51)43-37-19-10-12-23-41(37)48(32-15-6-4-7-16-32,33-17-8-5-9-18-33)42-24-13-11-20-38(42)43/h4-30,43H,1-3H3. The number of nitrogens with zero attached hydrogens (tertiary/aromatic N) is 1. The molecule has 51 heavy (non-hydrogen) atoms. The first-order chi connectivity index (χ1) is 24.8. The summed E-state index contributed by atoms with van der Waals surface area (Å²) in [5.74, 6) is -0.721. The second-order valence-corrected chi connectivity index (χ2v) is 14.8. The minimum Gasteiger partial charge on any atom is -0.268 e. The van der Waals surface area contributed by atoms with Gasteiger partial charge >= 0.3 is 0 Å². The molecule has 0 fully saturated rings. The number of fused-ring (bicyclic) bond motifs is 2. The van der Waals surface area contributed by atoms with Crippen LogP contribution in [0.1, 0.15) is 91.9 Å². The van der Waals surface area contributed by atoms with Crippen LogP contribution < -0.4 is 4.90 Å². The van der Waals surface area contributed by atoms with Crippen LogP contribution in [0.15, 0.2) is 164 Å². The van der Waals surface area contributed by atoms with Crippen molar-refractivity contribution in [1.29, 1.82) is 0 Å². The van der Waals surface area contributed by atoms with E-state index in [4.69, 9.17) is 0 Å². The molecule has 9 rings (SSSR count). The fourth-order valence-electron chi connectivity index (χ4n) is 8.71. The van der Waals surface area contributed by atoms with Gasteiger partial charge in [-0.3, -0.25) is 9.59 Å². The van der Waals surface area contributed by atoms with Gasteiger partial charge in [0, 0.05) is 22.4 Å². The average molecular weight is 660 g/mol. The first kappa shape index (κ1) is 31.0. The van der Waals surface area contributed by atoms with Gasteiger partial charge in [-0.25, -0.2) is 4.90 Å². The number of carbonyl (C=O) groups excluding carboxylic acids is 2. The minimum absolute atomic E-state index is 0.0404. The molecular weight excluding hydrogens is 623 g/mol. The van der Waals surface area contributed by atoms with Gasteiger partial charge in [-0.1, -0.05) is 160 Å². The predicted molar refractivity (Wildman–Crippen MR) is 206 cm³/mol. The van der Waals surface area contributed by atoms with Crippen LogP contribution in [0.2, 0.25) is 0 Å². The van der Waals surface area contributed by atoms with Gasteiger partial charge in [0.1, 0.15) is 0 Å². The maximum Gasteiger partial charge on any atom is 0.265 e. The third kappa shape index (κ3) is 4.51. The quantitative estimate of drug-likeness (QED) is 0.176. The van der Waals surface area contributed by atoms with Crippen LogP contribution in [0, 0.1) is 0 Å². The molecule has 1 aliphatic carbocycles. The minimum atomic E-state index is -0.548. The molecule has 0 saturated carbocycles. The summed E-state index contributed by atoms with van der Waals surface area (Å²) in [4.78, 5) is 29.9. The number of benzene rings is 7. The number of anilines is 1. The second kappa shape index (κ2) is 11.5. The molecule has 1 heterocycles. The van der Waals surface area contributed by atoms with Crippen LogP contribution in [0.3, 0.4) is 0 Å². The Labute approximate surface area is 298 Å². The maximum absolute atomic E-state index is 14.3. The second-order valence-electron chi connectivity index (χ2n) is 14.8. The maximum atomic E-state index is 14.3. The Bertz CT molecular complexity index is 2380. The largest absolute Gasteiger partial charge is 0.268 e. The number of carbonyl (C=O) groups is 2. The Hall–Kier alpha value is -6.06. The fourth-order valence-corrected chi connectivity index (χ4v) is 8.71. The Kier molecular flexibility index (Phi) is 6.98. The van der Waals surface area contributed by atoms with E-state index in [1.54, 1.807) is 0 Å². The molecule has 7 aromatic rings. The molecule has 0 spiro atoms. The van der Waals surface area contributed by atoms with Crippen molar-refractivity contribution in [2.24, 2.45) is 0 Å². The van der Waals surface area contributed by atoms with E-state index in [1.807, 2.05) is 42.5 Å². The van der Waals surface area contributed by atoms with E-state index in [1.165, 1.54) is 38.3 Å². The highest BCUT2D eigenvalue weighted by molar-refractivity contribution is 6.36. The van der Waals surface area contributed by atoms with Crippen molar-refractivity contribution in [3.63, 3.8) is 0 Å². The van der Waals surface area contributed by atoms with Gasteiger partial charge in [0.05, 0.1) is 11.1 Å². The summed E-state index contributed by atoms with van der Waals surface area (Å²) in [6, 6.07) is 57.0. The van der Waals surface area contributed by atoms with E-state index in [0.29, 0.717) is 16.8 Å². The third-order valence-corrected chi connectivity index (χ3v) is 11.0. The number of hydrogen-bond acceptors (Lipinski definition) is 2. The van der Waals surface area contributed by atoms with Crippen molar-refractivity contribution in [2.45, 2.75) is 37.5 Å². The summed E-state index contributed by atoms with van der Waals surface area (Å²) in [5, 5.41) is 1.65. The number of rotatable bonds is 4. The molecule has 3 nitrogen and oxygen atoms in total. The van der Waals surface area contributed by atoms with E-state index < -0.39 is 5.41 Å². The van der Waals surface area contributed by atoms with Crippen LogP contribution in [0.5, 0.6) is 0 Å². The van der Waals surface area contributed by atoms with Gasteiger partial charge in [-0.15, -0.1) is 0 Å². The van der Waals surface area contributed by atoms with E-state index in [-0.39, 0.29) is 23.1 Å². The first-order valence-corrected chi connectivity index (χ1v) is 17.6. The summed E-state index contributed by atoms with van der Waals surface area (Å²) < 4.78 is 0. The highest BCUT2D eigenvalue weighted by Gasteiger charge is 2.47. The Morgan fingerprint density at radius 1 is 0.490 bits per heavy atom. The van der Waals surface area contributed by atoms with Gasteiger partial charge in [-0.2, -0.15) is 0 Å². The lowest BCUT2D eigenvalue weighted by atomic mass is 9.56. The van der Waals surface area contributed by atoms with Gasteiger partial charge < -0.3 is 0 Å². The zero-order valence-electron chi connectivity index (χ0n) is 28.9. The number of imide groups is 1. The van der Waals surface area contributed by atoms with Crippen molar-refractivity contribution >= 4 is 28.3 Å². The monoisotopic (exact) mass is 659 g/mol. The van der Waals surface area contributed by atoms with E-state index >= 15 is 0 Å². The summed E-state index contributed by atoms with van der Waals surface area (Å²) in [6.07, 6.45) is 0. The smallest absolute Gasteiger partial charge is 0.265 e. The van der Waals surface area contributed by atoms with Crippen LogP contribution in [-0.2, 0) is 10.8 Å². The van der Waals surface area contributed by atoms with Crippen molar-refractivity contribution in [3.8, 4) is 0 Å². The fraction of sp³-hybridized carbons (Fsp3) is 0.125. The Balaban J connectivity index is 1.26. The van der Waals surface area contributed by atoms with Gasteiger partial charge in [0.15, 0.2) is 0 Å². The molecule has 0 aromatic heterocycles. The van der Waals surface area contributed by atoms with Gasteiger partial charge in [-0.05, 0) is 79.6 Å². The molecule has 7 aromatic carbocycles. The van der Waals surface area contributed by atoms with Crippen molar-refractivity contribution in [1.82, 2.24) is 0 Å². The Morgan fingerprint density at radius 3 is 1.55 bits per heavy atom. The molecule has 0 bridgehead atoms. The van der Waals surface area contributed by atoms with Crippen molar-refractivity contribution in [3.05, 3.63) is 219 Å². The van der Waals surface area contributed by atoms with E-state index in [0.717, 1.165) is 21.9 Å². The highest BCUT2D eigenvalue weighted by atomic mass is 16.2. The molecule has 0 unspecified atom stereocenters. The molecule has 246 valence electrons. The number of amides is 2. The topological polar surface area (TPSA) is 37.4 Å². The highest BCUT2D eigenvalue weighted by Crippen LogP contribution is 2.56. The van der Waals surface area contributed by atoms with Crippen LogP contribution in [-0.4, -0.2) is 11.8 Å². The zero-order valence-corrected chi connectivity index (χ0v) is 28.9. The lowest BCUT2D eigenvalue weighted by molar-refractivity contribution is 0.0893. The van der Waals surface area contributed by atoms with Crippen LogP contribution >= 0.6 is 0 Å². The normalized spacial score (nSPS) is 15.1. The third-order valence-electron chi connectivity index (χ3n) is 11.0. The molecule has 3 heteroatoms. The van der Waals surface area contributed by atoms with E-state index in [2.05, 4.69) is 142 Å². The van der Waals surface area contributed by atoms with E-state index in [9.17, 15) is 9.59 Å². The van der Waals surface area contributed by atoms with Crippen molar-refractivity contribution in [2.75, 3.05) is 4.90 Å². The van der Waals surface area contributed by atoms with Gasteiger partial charge in [0.2, 0.25) is 0 Å². The molecule has 2 aliphatic rings. The molecular formula is C48H37NO2. The molecule has 0 atom stereocenters. The Morgan fingerprint density at radius 2 is 1.00 bits per heavy atom. The van der Waals surface area contributed by atoms with Crippen LogP contribution in [0.25, 0.3) is 10.8 Å². The lowest BCUT2D eigenvalue weighted by Crippen LogP contribution is -2.40. The summed E-state index contributed by atoms with van der Waals surface area (Å²) in [6.45, 7) is 6.46. The zero-order chi connectivity index (χ0) is 34.9. The SMILES string of the molecule is CC(C)(C)c1ccc(N2C(=O)c3cccc4c(C5c6ccccc6C(c6ccccc6)(c6ccccc6)c6ccccc65)ccc(c34)C2=O)cc1. The summed E-state index contributed by atoms with van der Waals surface area (Å²) in [7, 11) is 0. The molecule has 2 amide bonds. The first-order valence-electron chi connectivity index (χ1n) is 17.6. The molecule has 0 N–H and O–H groups in total. The van der Waals surface area contributed by atoms with Crippen molar-refractivity contribution < 1.29 is 9.59 Å². The number of hydrogen-bond donors (Lipinski definition) is 0. The molecule has 0 saturated heterocycles. The molecule has 0 radical (unpaired) electrons. The summed E-state index contributed by atoms with van der Waals surface area (Å²) >= 11 is 0. The predicted octanol–water partition coefficient (Wildman–Crippen LogP) is 10.8. The summed E-state index contributed by atoms with van der Waals surface area (Å²) in [5.41, 5.74) is 10.6. The van der Waals surface area contributed by atoms with Crippen LogP contribution in [0.4, 0.5) is 5.69 Å².